The van der Waals surface area contributed by atoms with Gasteiger partial charge in [-0.05, 0) is 37.0 Å². The number of methoxy groups -OCH3 is 2. The van der Waals surface area contributed by atoms with Crippen LogP contribution in [0.15, 0.2) is 18.2 Å². The average molecular weight is 235 g/mol. The summed E-state index contributed by atoms with van der Waals surface area (Å²) in [6, 6.07) is 6.72. The van der Waals surface area contributed by atoms with Crippen LogP contribution in [0.4, 0.5) is 0 Å². The first-order valence-corrected chi connectivity index (χ1v) is 6.20. The van der Waals surface area contributed by atoms with E-state index in [9.17, 15) is 0 Å². The summed E-state index contributed by atoms with van der Waals surface area (Å²) in [7, 11) is 3.41. The Hall–Kier alpha value is -1.22. The molecular weight excluding hydrogens is 214 g/mol. The first-order valence-electron chi connectivity index (χ1n) is 6.20. The Balaban J connectivity index is 2.08. The Morgan fingerprint density at radius 3 is 2.65 bits per heavy atom. The minimum absolute atomic E-state index is 0.431. The fourth-order valence-electron chi connectivity index (χ4n) is 1.97. The van der Waals surface area contributed by atoms with E-state index in [1.165, 1.54) is 18.4 Å². The summed E-state index contributed by atoms with van der Waals surface area (Å²) in [6.45, 7) is 3.21. The van der Waals surface area contributed by atoms with Crippen LogP contribution in [0.3, 0.4) is 0 Å². The zero-order valence-electron chi connectivity index (χ0n) is 10.8. The first kappa shape index (κ1) is 12.2. The van der Waals surface area contributed by atoms with Crippen molar-refractivity contribution in [3.63, 3.8) is 0 Å². The molecule has 1 fully saturated rings. The molecule has 0 aromatic heterocycles. The Labute approximate surface area is 103 Å². The van der Waals surface area contributed by atoms with Crippen LogP contribution < -0.4 is 14.8 Å². The van der Waals surface area contributed by atoms with Crippen LogP contribution in [0.2, 0.25) is 0 Å². The topological polar surface area (TPSA) is 30.5 Å². The molecule has 1 N–H and O–H groups in total. The molecule has 94 valence electrons. The van der Waals surface area contributed by atoms with Crippen LogP contribution in [-0.2, 0) is 0 Å². The van der Waals surface area contributed by atoms with Gasteiger partial charge in [0, 0.05) is 18.2 Å². The Bertz CT molecular complexity index is 374. The highest BCUT2D eigenvalue weighted by Gasteiger charge is 2.22. The average Bonchev–Trinajstić information content (AvgIpc) is 3.19. The van der Waals surface area contributed by atoms with Gasteiger partial charge in [-0.3, -0.25) is 0 Å². The molecule has 0 amide bonds. The lowest BCUT2D eigenvalue weighted by Gasteiger charge is -2.17. The second-order valence-electron chi connectivity index (χ2n) is 4.69. The molecule has 3 nitrogen and oxygen atoms in total. The molecule has 0 bridgehead atoms. The van der Waals surface area contributed by atoms with E-state index < -0.39 is 0 Å². The lowest BCUT2D eigenvalue weighted by atomic mass is 9.99. The van der Waals surface area contributed by atoms with Crippen molar-refractivity contribution < 1.29 is 9.47 Å². The molecule has 0 radical (unpaired) electrons. The molecule has 0 spiro atoms. The lowest BCUT2D eigenvalue weighted by Crippen LogP contribution is -2.22. The third kappa shape index (κ3) is 3.13. The van der Waals surface area contributed by atoms with Gasteiger partial charge in [0.25, 0.3) is 0 Å². The molecule has 2 rings (SSSR count). The van der Waals surface area contributed by atoms with Gasteiger partial charge in [0.1, 0.15) is 11.5 Å². The normalized spacial score (nSPS) is 16.6. The summed E-state index contributed by atoms with van der Waals surface area (Å²) in [6.07, 6.45) is 2.64. The predicted octanol–water partition coefficient (Wildman–Crippen LogP) is 2.56. The molecule has 1 unspecified atom stereocenters. The molecule has 0 saturated heterocycles. The van der Waals surface area contributed by atoms with Crippen molar-refractivity contribution in [1.82, 2.24) is 5.32 Å². The molecule has 17 heavy (non-hydrogen) atoms. The van der Waals surface area contributed by atoms with Gasteiger partial charge in [-0.25, -0.2) is 0 Å². The highest BCUT2D eigenvalue weighted by atomic mass is 16.5. The van der Waals surface area contributed by atoms with Crippen LogP contribution in [0.25, 0.3) is 0 Å². The van der Waals surface area contributed by atoms with E-state index >= 15 is 0 Å². The fourth-order valence-corrected chi connectivity index (χ4v) is 1.97. The van der Waals surface area contributed by atoms with E-state index in [1.807, 2.05) is 12.1 Å². The van der Waals surface area contributed by atoms with Gasteiger partial charge in [-0.1, -0.05) is 6.92 Å². The van der Waals surface area contributed by atoms with Gasteiger partial charge in [0.15, 0.2) is 0 Å². The lowest BCUT2D eigenvalue weighted by molar-refractivity contribution is 0.395. The van der Waals surface area contributed by atoms with Crippen molar-refractivity contribution in [3.05, 3.63) is 23.8 Å². The van der Waals surface area contributed by atoms with Gasteiger partial charge in [0.05, 0.1) is 14.2 Å². The summed E-state index contributed by atoms with van der Waals surface area (Å²) in [5.41, 5.74) is 1.21. The van der Waals surface area contributed by atoms with Crippen LogP contribution in [0.1, 0.15) is 31.2 Å². The molecule has 1 aliphatic carbocycles. The van der Waals surface area contributed by atoms with Crippen molar-refractivity contribution in [1.29, 1.82) is 0 Å². The monoisotopic (exact) mass is 235 g/mol. The molecular formula is C14H21NO2. The molecule has 0 heterocycles. The maximum atomic E-state index is 5.41. The van der Waals surface area contributed by atoms with Crippen LogP contribution in [0.5, 0.6) is 11.5 Å². The Morgan fingerprint density at radius 1 is 1.29 bits per heavy atom. The number of nitrogens with one attached hydrogen (secondary N) is 1. The summed E-state index contributed by atoms with van der Waals surface area (Å²) in [5, 5.41) is 3.55. The second-order valence-corrected chi connectivity index (χ2v) is 4.69. The molecule has 0 aliphatic heterocycles. The van der Waals surface area contributed by atoms with E-state index in [-0.39, 0.29) is 0 Å². The van der Waals surface area contributed by atoms with Gasteiger partial charge in [0.2, 0.25) is 0 Å². The first-order chi connectivity index (χ1) is 8.24. The van der Waals surface area contributed by atoms with Gasteiger partial charge >= 0.3 is 0 Å². The molecule has 3 heteroatoms. The third-order valence-corrected chi connectivity index (χ3v) is 3.26. The van der Waals surface area contributed by atoms with E-state index in [2.05, 4.69) is 18.3 Å². The molecule has 1 saturated carbocycles. The second kappa shape index (κ2) is 5.41. The zero-order chi connectivity index (χ0) is 12.3. The molecule has 1 aromatic carbocycles. The van der Waals surface area contributed by atoms with Gasteiger partial charge in [-0.15, -0.1) is 0 Å². The van der Waals surface area contributed by atoms with E-state index in [0.29, 0.717) is 5.92 Å². The molecule has 1 aromatic rings. The molecule has 1 aliphatic rings. The number of ether oxygens (including phenoxy) is 2. The van der Waals surface area contributed by atoms with Crippen molar-refractivity contribution >= 4 is 0 Å². The standard InChI is InChI=1S/C14H21NO2/c1-10(9-15-11-4-5-11)13-8-12(16-2)6-7-14(13)17-3/h6-8,10-11,15H,4-5,9H2,1-3H3. The van der Waals surface area contributed by atoms with Gasteiger partial charge in [-0.2, -0.15) is 0 Å². The Kier molecular flexibility index (Phi) is 3.89. The maximum absolute atomic E-state index is 5.41. The minimum Gasteiger partial charge on any atom is -0.497 e. The minimum atomic E-state index is 0.431. The molecule has 1 atom stereocenters. The van der Waals surface area contributed by atoms with E-state index in [4.69, 9.17) is 9.47 Å². The predicted molar refractivity (Wildman–Crippen MR) is 69.0 cm³/mol. The van der Waals surface area contributed by atoms with Crippen LogP contribution >= 0.6 is 0 Å². The number of hydrogen-bond acceptors (Lipinski definition) is 3. The summed E-state index contributed by atoms with van der Waals surface area (Å²) >= 11 is 0. The van der Waals surface area contributed by atoms with E-state index in [1.54, 1.807) is 14.2 Å². The maximum Gasteiger partial charge on any atom is 0.122 e. The largest absolute Gasteiger partial charge is 0.497 e. The summed E-state index contributed by atoms with van der Waals surface area (Å²) < 4.78 is 10.7. The van der Waals surface area contributed by atoms with E-state index in [0.717, 1.165) is 24.1 Å². The van der Waals surface area contributed by atoms with Crippen molar-refractivity contribution in [2.24, 2.45) is 0 Å². The SMILES string of the molecule is COc1ccc(OC)c(C(C)CNC2CC2)c1. The van der Waals surface area contributed by atoms with Crippen LogP contribution in [-0.4, -0.2) is 26.8 Å². The fraction of sp³-hybridized carbons (Fsp3) is 0.571. The third-order valence-electron chi connectivity index (χ3n) is 3.26. The number of benzene rings is 1. The Morgan fingerprint density at radius 2 is 2.06 bits per heavy atom. The van der Waals surface area contributed by atoms with Gasteiger partial charge < -0.3 is 14.8 Å². The summed E-state index contributed by atoms with van der Waals surface area (Å²) in [5.74, 6) is 2.26. The quantitative estimate of drug-likeness (QED) is 0.822. The zero-order valence-corrected chi connectivity index (χ0v) is 10.8. The summed E-state index contributed by atoms with van der Waals surface area (Å²) in [4.78, 5) is 0. The highest BCUT2D eigenvalue weighted by molar-refractivity contribution is 5.42. The van der Waals surface area contributed by atoms with Crippen LogP contribution in [0, 0.1) is 0 Å². The van der Waals surface area contributed by atoms with Crippen molar-refractivity contribution in [2.45, 2.75) is 31.7 Å². The smallest absolute Gasteiger partial charge is 0.122 e. The number of hydrogen-bond donors (Lipinski definition) is 1. The number of rotatable bonds is 6. The highest BCUT2D eigenvalue weighted by Crippen LogP contribution is 2.30. The van der Waals surface area contributed by atoms with Crippen molar-refractivity contribution in [2.75, 3.05) is 20.8 Å². The van der Waals surface area contributed by atoms with Crippen molar-refractivity contribution in [3.8, 4) is 11.5 Å².